The number of benzene rings is 2. The van der Waals surface area contributed by atoms with Crippen molar-refractivity contribution in [1.29, 1.82) is 0 Å². The highest BCUT2D eigenvalue weighted by molar-refractivity contribution is 5.89. The molecule has 0 unspecified atom stereocenters. The van der Waals surface area contributed by atoms with Gasteiger partial charge in [0.2, 0.25) is 6.79 Å². The molecule has 0 spiro atoms. The van der Waals surface area contributed by atoms with E-state index < -0.39 is 6.61 Å². The summed E-state index contributed by atoms with van der Waals surface area (Å²) in [7, 11) is 0. The quantitative estimate of drug-likeness (QED) is 0.838. The SMILES string of the molecule is O=C(NCCc1ccc(OC(F)F)cc1)Nc1ccc2c(c1)OCO2. The van der Waals surface area contributed by atoms with Gasteiger partial charge in [-0.15, -0.1) is 0 Å². The molecule has 25 heavy (non-hydrogen) atoms. The van der Waals surface area contributed by atoms with Gasteiger partial charge in [-0.3, -0.25) is 0 Å². The van der Waals surface area contributed by atoms with E-state index in [0.29, 0.717) is 30.2 Å². The van der Waals surface area contributed by atoms with Gasteiger partial charge in [0.1, 0.15) is 5.75 Å². The van der Waals surface area contributed by atoms with Crippen molar-refractivity contribution in [2.45, 2.75) is 13.0 Å². The molecule has 6 nitrogen and oxygen atoms in total. The van der Waals surface area contributed by atoms with Crippen LogP contribution in [0.4, 0.5) is 19.3 Å². The zero-order valence-corrected chi connectivity index (χ0v) is 13.1. The summed E-state index contributed by atoms with van der Waals surface area (Å²) in [6.07, 6.45) is 0.559. The zero-order valence-electron chi connectivity index (χ0n) is 13.1. The topological polar surface area (TPSA) is 68.8 Å². The second-order valence-corrected chi connectivity index (χ2v) is 5.22. The van der Waals surface area contributed by atoms with E-state index in [1.54, 1.807) is 30.3 Å². The van der Waals surface area contributed by atoms with Gasteiger partial charge in [0.15, 0.2) is 11.5 Å². The van der Waals surface area contributed by atoms with Crippen molar-refractivity contribution in [1.82, 2.24) is 5.32 Å². The molecule has 1 aliphatic heterocycles. The number of carbonyl (C=O) groups is 1. The van der Waals surface area contributed by atoms with E-state index >= 15 is 0 Å². The predicted octanol–water partition coefficient (Wildman–Crippen LogP) is 3.38. The molecule has 2 aromatic carbocycles. The normalized spacial score (nSPS) is 12.1. The van der Waals surface area contributed by atoms with Gasteiger partial charge in [-0.1, -0.05) is 12.1 Å². The molecule has 0 radical (unpaired) electrons. The van der Waals surface area contributed by atoms with Gasteiger partial charge in [-0.2, -0.15) is 8.78 Å². The highest BCUT2D eigenvalue weighted by Crippen LogP contribution is 2.34. The number of halogens is 2. The number of nitrogens with one attached hydrogen (secondary N) is 2. The molecule has 0 atom stereocenters. The van der Waals surface area contributed by atoms with Crippen molar-refractivity contribution >= 4 is 11.7 Å². The first-order valence-corrected chi connectivity index (χ1v) is 7.58. The molecule has 0 saturated heterocycles. The Hall–Kier alpha value is -3.03. The lowest BCUT2D eigenvalue weighted by Crippen LogP contribution is -2.30. The fourth-order valence-corrected chi connectivity index (χ4v) is 2.31. The molecule has 1 aliphatic rings. The Kier molecular flexibility index (Phi) is 5.17. The minimum atomic E-state index is -2.84. The van der Waals surface area contributed by atoms with Crippen LogP contribution in [0.1, 0.15) is 5.56 Å². The Balaban J connectivity index is 1.43. The lowest BCUT2D eigenvalue weighted by Gasteiger charge is -2.09. The van der Waals surface area contributed by atoms with Crippen molar-refractivity contribution in [3.8, 4) is 17.2 Å². The number of alkyl halides is 2. The molecule has 132 valence electrons. The number of amides is 2. The third-order valence-electron chi connectivity index (χ3n) is 3.48. The van der Waals surface area contributed by atoms with Gasteiger partial charge in [0.25, 0.3) is 0 Å². The minimum Gasteiger partial charge on any atom is -0.454 e. The van der Waals surface area contributed by atoms with E-state index in [-0.39, 0.29) is 18.6 Å². The van der Waals surface area contributed by atoms with Crippen LogP contribution >= 0.6 is 0 Å². The van der Waals surface area contributed by atoms with E-state index in [1.165, 1.54) is 12.1 Å². The highest BCUT2D eigenvalue weighted by Gasteiger charge is 2.14. The van der Waals surface area contributed by atoms with Gasteiger partial charge >= 0.3 is 12.6 Å². The molecule has 2 N–H and O–H groups in total. The number of fused-ring (bicyclic) bond motifs is 1. The van der Waals surface area contributed by atoms with Crippen LogP contribution in [-0.2, 0) is 6.42 Å². The fourth-order valence-electron chi connectivity index (χ4n) is 2.31. The van der Waals surface area contributed by atoms with Crippen molar-refractivity contribution in [2.75, 3.05) is 18.7 Å². The first kappa shape index (κ1) is 16.8. The number of urea groups is 1. The van der Waals surface area contributed by atoms with Gasteiger partial charge in [-0.05, 0) is 36.2 Å². The Bertz CT molecular complexity index is 738. The zero-order chi connectivity index (χ0) is 17.6. The van der Waals surface area contributed by atoms with Crippen LogP contribution in [0.5, 0.6) is 17.2 Å². The van der Waals surface area contributed by atoms with E-state index in [9.17, 15) is 13.6 Å². The largest absolute Gasteiger partial charge is 0.454 e. The Morgan fingerprint density at radius 1 is 1.12 bits per heavy atom. The van der Waals surface area contributed by atoms with Gasteiger partial charge in [0, 0.05) is 18.3 Å². The molecule has 2 aromatic rings. The summed E-state index contributed by atoms with van der Waals surface area (Å²) in [5.74, 6) is 1.33. The fraction of sp³-hybridized carbons (Fsp3) is 0.235. The molecule has 3 rings (SSSR count). The first-order chi connectivity index (χ1) is 12.1. The molecule has 1 heterocycles. The lowest BCUT2D eigenvalue weighted by molar-refractivity contribution is -0.0498. The van der Waals surface area contributed by atoms with Crippen molar-refractivity contribution in [2.24, 2.45) is 0 Å². The predicted molar refractivity (Wildman–Crippen MR) is 86.4 cm³/mol. The number of ether oxygens (including phenoxy) is 3. The molecule has 8 heteroatoms. The summed E-state index contributed by atoms with van der Waals surface area (Å²) < 4.78 is 38.9. The van der Waals surface area contributed by atoms with Crippen LogP contribution < -0.4 is 24.8 Å². The number of carbonyl (C=O) groups excluding carboxylic acids is 1. The van der Waals surface area contributed by atoms with Crippen LogP contribution in [0.3, 0.4) is 0 Å². The molecule has 0 fully saturated rings. The maximum atomic E-state index is 12.1. The van der Waals surface area contributed by atoms with E-state index in [2.05, 4.69) is 15.4 Å². The monoisotopic (exact) mass is 350 g/mol. The summed E-state index contributed by atoms with van der Waals surface area (Å²) >= 11 is 0. The lowest BCUT2D eigenvalue weighted by atomic mass is 10.1. The van der Waals surface area contributed by atoms with Gasteiger partial charge in [0.05, 0.1) is 0 Å². The van der Waals surface area contributed by atoms with Gasteiger partial charge in [-0.25, -0.2) is 4.79 Å². The third kappa shape index (κ3) is 4.72. The molecule has 0 bridgehead atoms. The van der Waals surface area contributed by atoms with Crippen LogP contribution in [0.2, 0.25) is 0 Å². The van der Waals surface area contributed by atoms with Crippen LogP contribution in [0, 0.1) is 0 Å². The smallest absolute Gasteiger partial charge is 0.387 e. The van der Waals surface area contributed by atoms with Crippen LogP contribution in [-0.4, -0.2) is 26.0 Å². The standard InChI is InChI=1S/C17H16F2N2O4/c18-16(19)25-13-4-1-11(2-5-13)7-8-20-17(22)21-12-3-6-14-15(9-12)24-10-23-14/h1-6,9,16H,7-8,10H2,(H2,20,21,22). The number of rotatable bonds is 6. The number of anilines is 1. The minimum absolute atomic E-state index is 0.104. The average molecular weight is 350 g/mol. The Morgan fingerprint density at radius 3 is 2.64 bits per heavy atom. The summed E-state index contributed by atoms with van der Waals surface area (Å²) in [6.45, 7) is -2.27. The second kappa shape index (κ2) is 7.69. The van der Waals surface area contributed by atoms with E-state index in [1.807, 2.05) is 0 Å². The Labute approximate surface area is 142 Å². The Morgan fingerprint density at radius 2 is 1.88 bits per heavy atom. The molecule has 2 amide bonds. The van der Waals surface area contributed by atoms with Crippen molar-refractivity contribution < 1.29 is 27.8 Å². The highest BCUT2D eigenvalue weighted by atomic mass is 19.3. The van der Waals surface area contributed by atoms with Crippen LogP contribution in [0.25, 0.3) is 0 Å². The summed E-state index contributed by atoms with van der Waals surface area (Å²) in [4.78, 5) is 11.9. The second-order valence-electron chi connectivity index (χ2n) is 5.22. The average Bonchev–Trinajstić information content (AvgIpc) is 3.03. The third-order valence-corrected chi connectivity index (χ3v) is 3.48. The first-order valence-electron chi connectivity index (χ1n) is 7.58. The molecule has 0 aromatic heterocycles. The number of hydrogen-bond donors (Lipinski definition) is 2. The maximum Gasteiger partial charge on any atom is 0.387 e. The number of hydrogen-bond acceptors (Lipinski definition) is 4. The van der Waals surface area contributed by atoms with Gasteiger partial charge < -0.3 is 24.8 Å². The van der Waals surface area contributed by atoms with Crippen LogP contribution in [0.15, 0.2) is 42.5 Å². The molecular weight excluding hydrogens is 334 g/mol. The summed E-state index contributed by atoms with van der Waals surface area (Å²) in [5, 5.41) is 5.42. The van der Waals surface area contributed by atoms with Crippen molar-refractivity contribution in [3.63, 3.8) is 0 Å². The molecule has 0 saturated carbocycles. The van der Waals surface area contributed by atoms with E-state index in [0.717, 1.165) is 5.56 Å². The van der Waals surface area contributed by atoms with E-state index in [4.69, 9.17) is 9.47 Å². The summed E-state index contributed by atoms with van der Waals surface area (Å²) in [6, 6.07) is 11.1. The molecule has 0 aliphatic carbocycles. The molecular formula is C17H16F2N2O4. The van der Waals surface area contributed by atoms with Crippen molar-refractivity contribution in [3.05, 3.63) is 48.0 Å². The summed E-state index contributed by atoms with van der Waals surface area (Å²) in [5.41, 5.74) is 1.49. The maximum absolute atomic E-state index is 12.1.